The highest BCUT2D eigenvalue weighted by molar-refractivity contribution is 5.92. The number of para-hydroxylation sites is 1. The third-order valence-electron chi connectivity index (χ3n) is 3.94. The zero-order chi connectivity index (χ0) is 13.9. The van der Waals surface area contributed by atoms with Crippen LogP contribution in [0.1, 0.15) is 12.1 Å². The monoisotopic (exact) mass is 272 g/mol. The number of aliphatic hydroxyl groups excluding tert-OH is 1. The van der Waals surface area contributed by atoms with Gasteiger partial charge in [0, 0.05) is 37.2 Å². The number of hydrogen-bond donors (Lipinski definition) is 1. The van der Waals surface area contributed by atoms with Crippen LogP contribution in [0.3, 0.4) is 0 Å². The van der Waals surface area contributed by atoms with Gasteiger partial charge >= 0.3 is 0 Å². The van der Waals surface area contributed by atoms with E-state index in [9.17, 15) is 5.11 Å². The largest absolute Gasteiger partial charge is 0.390 e. The molecule has 1 aliphatic heterocycles. The average molecular weight is 272 g/mol. The molecule has 1 aromatic carbocycles. The predicted octanol–water partition coefficient (Wildman–Crippen LogP) is 2.20. The highest BCUT2D eigenvalue weighted by Crippen LogP contribution is 2.31. The normalized spacial score (nSPS) is 18.9. The summed E-state index contributed by atoms with van der Waals surface area (Å²) < 4.78 is 5.26. The molecule has 1 unspecified atom stereocenters. The maximum Gasteiger partial charge on any atom is 0.0854 e. The fourth-order valence-corrected chi connectivity index (χ4v) is 2.98. The Labute approximate surface area is 119 Å². The van der Waals surface area contributed by atoms with Gasteiger partial charge in [0.15, 0.2) is 0 Å². The Morgan fingerprint density at radius 2 is 2.25 bits per heavy atom. The van der Waals surface area contributed by atoms with Gasteiger partial charge in [0.1, 0.15) is 0 Å². The van der Waals surface area contributed by atoms with Gasteiger partial charge in [0.25, 0.3) is 0 Å². The first kappa shape index (κ1) is 13.3. The van der Waals surface area contributed by atoms with Gasteiger partial charge in [0.05, 0.1) is 24.4 Å². The summed E-state index contributed by atoms with van der Waals surface area (Å²) in [6, 6.07) is 10.1. The van der Waals surface area contributed by atoms with Crippen molar-refractivity contribution in [3.63, 3.8) is 0 Å². The maximum atomic E-state index is 9.40. The van der Waals surface area contributed by atoms with Crippen molar-refractivity contribution in [2.45, 2.75) is 13.0 Å². The molecule has 0 amide bonds. The third kappa shape index (κ3) is 2.49. The Hall–Kier alpha value is -1.65. The topological polar surface area (TPSA) is 45.6 Å². The highest BCUT2D eigenvalue weighted by atomic mass is 16.5. The minimum absolute atomic E-state index is 0.0207. The maximum absolute atomic E-state index is 9.40. The molecule has 0 saturated carbocycles. The number of aromatic nitrogens is 1. The van der Waals surface area contributed by atoms with Gasteiger partial charge in [-0.1, -0.05) is 18.2 Å². The van der Waals surface area contributed by atoms with Crippen molar-refractivity contribution in [1.29, 1.82) is 0 Å². The molecule has 1 fully saturated rings. The van der Waals surface area contributed by atoms with Gasteiger partial charge in [-0.2, -0.15) is 0 Å². The lowest BCUT2D eigenvalue weighted by Crippen LogP contribution is -2.21. The number of nitrogens with zero attached hydrogens (tertiary/aromatic N) is 2. The molecule has 1 N–H and O–H groups in total. The van der Waals surface area contributed by atoms with Crippen molar-refractivity contribution in [2.24, 2.45) is 5.92 Å². The van der Waals surface area contributed by atoms with E-state index in [1.54, 1.807) is 7.11 Å². The molecule has 4 heteroatoms. The van der Waals surface area contributed by atoms with Gasteiger partial charge in [-0.15, -0.1) is 0 Å². The minimum atomic E-state index is -0.0207. The number of aliphatic hydroxyl groups is 1. The Morgan fingerprint density at radius 3 is 3.05 bits per heavy atom. The van der Waals surface area contributed by atoms with E-state index in [4.69, 9.17) is 4.74 Å². The molecule has 4 nitrogen and oxygen atoms in total. The molecule has 3 rings (SSSR count). The summed E-state index contributed by atoms with van der Waals surface area (Å²) in [5.41, 5.74) is 2.86. The molecule has 1 saturated heterocycles. The molecule has 0 radical (unpaired) electrons. The van der Waals surface area contributed by atoms with Crippen molar-refractivity contribution in [3.05, 3.63) is 36.0 Å². The lowest BCUT2D eigenvalue weighted by molar-refractivity contribution is 0.161. The van der Waals surface area contributed by atoms with Crippen LogP contribution in [-0.4, -0.2) is 36.9 Å². The molecule has 0 aliphatic carbocycles. The predicted molar refractivity (Wildman–Crippen MR) is 79.9 cm³/mol. The van der Waals surface area contributed by atoms with E-state index in [2.05, 4.69) is 16.0 Å². The zero-order valence-electron chi connectivity index (χ0n) is 11.7. The molecule has 2 heterocycles. The van der Waals surface area contributed by atoms with E-state index in [0.29, 0.717) is 5.92 Å². The first-order valence-corrected chi connectivity index (χ1v) is 7.05. The second kappa shape index (κ2) is 5.77. The van der Waals surface area contributed by atoms with Crippen LogP contribution in [0, 0.1) is 5.92 Å². The molecule has 1 aliphatic rings. The molecule has 0 bridgehead atoms. The van der Waals surface area contributed by atoms with E-state index >= 15 is 0 Å². The van der Waals surface area contributed by atoms with E-state index in [1.165, 1.54) is 5.69 Å². The molecular formula is C16H20N2O2. The second-order valence-electron chi connectivity index (χ2n) is 5.36. The van der Waals surface area contributed by atoms with Crippen LogP contribution in [-0.2, 0) is 11.3 Å². The van der Waals surface area contributed by atoms with Gasteiger partial charge < -0.3 is 14.7 Å². The number of methoxy groups -OCH3 is 1. The summed E-state index contributed by atoms with van der Waals surface area (Å²) in [5.74, 6) is 0.588. The molecular weight excluding hydrogens is 252 g/mol. The number of anilines is 1. The van der Waals surface area contributed by atoms with E-state index in [-0.39, 0.29) is 6.61 Å². The number of rotatable bonds is 4. The molecule has 2 aromatic rings. The Balaban J connectivity index is 1.98. The van der Waals surface area contributed by atoms with Crippen LogP contribution in [0.4, 0.5) is 5.69 Å². The highest BCUT2D eigenvalue weighted by Gasteiger charge is 2.24. The first-order chi connectivity index (χ1) is 9.81. The Kier molecular flexibility index (Phi) is 3.85. The van der Waals surface area contributed by atoms with Gasteiger partial charge in [-0.25, -0.2) is 0 Å². The zero-order valence-corrected chi connectivity index (χ0v) is 11.7. The number of fused-ring (bicyclic) bond motifs is 1. The molecule has 1 atom stereocenters. The van der Waals surface area contributed by atoms with Crippen molar-refractivity contribution in [3.8, 4) is 0 Å². The van der Waals surface area contributed by atoms with Crippen LogP contribution in [0.25, 0.3) is 10.9 Å². The summed E-state index contributed by atoms with van der Waals surface area (Å²) in [7, 11) is 1.76. The molecule has 20 heavy (non-hydrogen) atoms. The minimum Gasteiger partial charge on any atom is -0.390 e. The summed E-state index contributed by atoms with van der Waals surface area (Å²) >= 11 is 0. The number of benzene rings is 1. The second-order valence-corrected chi connectivity index (χ2v) is 5.36. The van der Waals surface area contributed by atoms with Crippen molar-refractivity contribution < 1.29 is 9.84 Å². The lowest BCUT2D eigenvalue weighted by atomic mass is 10.1. The fourth-order valence-electron chi connectivity index (χ4n) is 2.98. The average Bonchev–Trinajstić information content (AvgIpc) is 2.95. The van der Waals surface area contributed by atoms with Crippen LogP contribution in [0.5, 0.6) is 0 Å². The molecule has 0 spiro atoms. The first-order valence-electron chi connectivity index (χ1n) is 7.05. The van der Waals surface area contributed by atoms with Gasteiger partial charge in [-0.05, 0) is 18.6 Å². The van der Waals surface area contributed by atoms with E-state index < -0.39 is 0 Å². The smallest absolute Gasteiger partial charge is 0.0854 e. The lowest BCUT2D eigenvalue weighted by Gasteiger charge is -2.21. The van der Waals surface area contributed by atoms with Crippen LogP contribution >= 0.6 is 0 Å². The van der Waals surface area contributed by atoms with Crippen molar-refractivity contribution in [2.75, 3.05) is 31.7 Å². The Morgan fingerprint density at radius 1 is 1.40 bits per heavy atom. The fraction of sp³-hybridized carbons (Fsp3) is 0.438. The standard InChI is InChI=1S/C16H20N2O2/c1-20-11-12-6-7-18(9-12)16-8-13(10-19)17-15-5-3-2-4-14(15)16/h2-5,8,12,19H,6-7,9-11H2,1H3. The molecule has 1 aromatic heterocycles. The Bertz CT molecular complexity index is 600. The van der Waals surface area contributed by atoms with Gasteiger partial charge in [-0.3, -0.25) is 4.98 Å². The van der Waals surface area contributed by atoms with Crippen molar-refractivity contribution >= 4 is 16.6 Å². The van der Waals surface area contributed by atoms with E-state index in [0.717, 1.165) is 42.7 Å². The van der Waals surface area contributed by atoms with Crippen LogP contribution < -0.4 is 4.90 Å². The van der Waals surface area contributed by atoms with E-state index in [1.807, 2.05) is 24.3 Å². The van der Waals surface area contributed by atoms with Crippen LogP contribution in [0.15, 0.2) is 30.3 Å². The number of hydrogen-bond acceptors (Lipinski definition) is 4. The summed E-state index contributed by atoms with van der Waals surface area (Å²) in [6.07, 6.45) is 1.15. The third-order valence-corrected chi connectivity index (χ3v) is 3.94. The SMILES string of the molecule is COCC1CCN(c2cc(CO)nc3ccccc23)C1. The summed E-state index contributed by atoms with van der Waals surface area (Å²) in [5, 5.41) is 10.6. The quantitative estimate of drug-likeness (QED) is 0.927. The van der Waals surface area contributed by atoms with Crippen LogP contribution in [0.2, 0.25) is 0 Å². The summed E-state index contributed by atoms with van der Waals surface area (Å²) in [4.78, 5) is 6.86. The number of pyridine rings is 1. The summed E-state index contributed by atoms with van der Waals surface area (Å²) in [6.45, 7) is 2.83. The number of ether oxygens (including phenoxy) is 1. The van der Waals surface area contributed by atoms with Crippen molar-refractivity contribution in [1.82, 2.24) is 4.98 Å². The van der Waals surface area contributed by atoms with Gasteiger partial charge in [0.2, 0.25) is 0 Å². The molecule has 106 valence electrons.